The summed E-state index contributed by atoms with van der Waals surface area (Å²) >= 11 is 7.26. The molecule has 1 N–H and O–H groups in total. The van der Waals surface area contributed by atoms with Gasteiger partial charge in [-0.15, -0.1) is 0 Å². The minimum Gasteiger partial charge on any atom is -0.497 e. The zero-order valence-electron chi connectivity index (χ0n) is 14.7. The molecule has 0 spiro atoms. The minimum atomic E-state index is -0.492. The Hall–Kier alpha value is -3.03. The lowest BCUT2D eigenvalue weighted by atomic mass is 10.2. The van der Waals surface area contributed by atoms with Gasteiger partial charge in [0.15, 0.2) is 0 Å². The average Bonchev–Trinajstić information content (AvgIpc) is 2.70. The van der Waals surface area contributed by atoms with Gasteiger partial charge in [0.1, 0.15) is 10.6 Å². The highest BCUT2D eigenvalue weighted by Crippen LogP contribution is 2.41. The number of nitrogens with one attached hydrogen (secondary N) is 1. The Morgan fingerprint density at radius 1 is 1.07 bits per heavy atom. The number of rotatable bonds is 6. The van der Waals surface area contributed by atoms with Crippen molar-refractivity contribution in [3.63, 3.8) is 0 Å². The monoisotopic (exact) mass is 414 g/mol. The van der Waals surface area contributed by atoms with Gasteiger partial charge in [0.25, 0.3) is 11.6 Å². The van der Waals surface area contributed by atoms with Crippen LogP contribution in [0.1, 0.15) is 10.4 Å². The van der Waals surface area contributed by atoms with E-state index in [0.717, 1.165) is 11.8 Å². The van der Waals surface area contributed by atoms with E-state index in [4.69, 9.17) is 16.3 Å². The molecule has 3 rings (SSSR count). The number of nitrogens with zero attached hydrogens (tertiary/aromatic N) is 1. The molecule has 0 aliphatic heterocycles. The van der Waals surface area contributed by atoms with Gasteiger partial charge in [-0.1, -0.05) is 41.6 Å². The van der Waals surface area contributed by atoms with Crippen molar-refractivity contribution < 1.29 is 14.5 Å². The summed E-state index contributed by atoms with van der Waals surface area (Å²) in [5.41, 5.74) is 0.884. The number of halogens is 1. The maximum atomic E-state index is 12.8. The van der Waals surface area contributed by atoms with Crippen LogP contribution >= 0.6 is 23.4 Å². The van der Waals surface area contributed by atoms with Crippen molar-refractivity contribution in [2.45, 2.75) is 9.79 Å². The molecule has 0 saturated heterocycles. The molecule has 0 aliphatic carbocycles. The Morgan fingerprint density at radius 3 is 2.46 bits per heavy atom. The number of anilines is 1. The summed E-state index contributed by atoms with van der Waals surface area (Å²) in [6.07, 6.45) is 0. The van der Waals surface area contributed by atoms with Crippen LogP contribution in [0.25, 0.3) is 0 Å². The summed E-state index contributed by atoms with van der Waals surface area (Å²) in [7, 11) is 1.56. The number of benzene rings is 3. The molecule has 3 aromatic rings. The van der Waals surface area contributed by atoms with Crippen LogP contribution in [-0.4, -0.2) is 17.9 Å². The zero-order chi connectivity index (χ0) is 20.1. The smallest absolute Gasteiger partial charge is 0.284 e. The molecular weight excluding hydrogens is 400 g/mol. The standard InChI is InChI=1S/C20H15ClN2O4S/c1-27-14-11-9-13(10-12-14)22-20(24)15-5-2-3-8-18(15)28-19-16(21)6-4-7-17(19)23(25)26/h2-12H,1H3,(H,22,24). The predicted molar refractivity (Wildman–Crippen MR) is 110 cm³/mol. The molecule has 0 fully saturated rings. The largest absolute Gasteiger partial charge is 0.497 e. The van der Waals surface area contributed by atoms with Gasteiger partial charge < -0.3 is 10.1 Å². The minimum absolute atomic E-state index is 0.108. The quantitative estimate of drug-likeness (QED) is 0.415. The van der Waals surface area contributed by atoms with Crippen molar-refractivity contribution in [1.29, 1.82) is 0 Å². The summed E-state index contributed by atoms with van der Waals surface area (Å²) in [5, 5.41) is 14.4. The molecule has 0 bridgehead atoms. The van der Waals surface area contributed by atoms with Crippen molar-refractivity contribution >= 4 is 40.6 Å². The molecule has 6 nitrogen and oxygen atoms in total. The summed E-state index contributed by atoms with van der Waals surface area (Å²) < 4.78 is 5.10. The fraction of sp³-hybridized carbons (Fsp3) is 0.0500. The van der Waals surface area contributed by atoms with Crippen LogP contribution in [0.2, 0.25) is 5.02 Å². The normalized spacial score (nSPS) is 10.4. The number of carbonyl (C=O) groups excluding carboxylic acids is 1. The average molecular weight is 415 g/mol. The van der Waals surface area contributed by atoms with Crippen LogP contribution in [0, 0.1) is 10.1 Å². The number of hydrogen-bond donors (Lipinski definition) is 1. The van der Waals surface area contributed by atoms with Crippen LogP contribution in [0.15, 0.2) is 76.5 Å². The fourth-order valence-electron chi connectivity index (χ4n) is 2.47. The number of carbonyl (C=O) groups is 1. The Labute approximate surface area is 170 Å². The Balaban J connectivity index is 1.89. The second-order valence-corrected chi connectivity index (χ2v) is 7.09. The van der Waals surface area contributed by atoms with Crippen molar-refractivity contribution in [3.05, 3.63) is 87.4 Å². The second kappa shape index (κ2) is 8.77. The number of ether oxygens (including phenoxy) is 1. The molecule has 8 heteroatoms. The summed E-state index contributed by atoms with van der Waals surface area (Å²) in [4.78, 5) is 24.4. The molecule has 1 amide bonds. The van der Waals surface area contributed by atoms with Crippen molar-refractivity contribution in [2.75, 3.05) is 12.4 Å². The second-order valence-electron chi connectivity index (χ2n) is 5.63. The maximum absolute atomic E-state index is 12.8. The molecule has 0 heterocycles. The number of nitro benzene ring substituents is 1. The third-order valence-electron chi connectivity index (χ3n) is 3.83. The van der Waals surface area contributed by atoms with Gasteiger partial charge in [0.2, 0.25) is 0 Å². The van der Waals surface area contributed by atoms with Crippen molar-refractivity contribution in [2.24, 2.45) is 0 Å². The van der Waals surface area contributed by atoms with E-state index >= 15 is 0 Å². The van der Waals surface area contributed by atoms with Gasteiger partial charge in [-0.3, -0.25) is 14.9 Å². The van der Waals surface area contributed by atoms with E-state index in [1.807, 2.05) is 0 Å². The third kappa shape index (κ3) is 4.44. The number of methoxy groups -OCH3 is 1. The lowest BCUT2D eigenvalue weighted by Gasteiger charge is -2.11. The first-order valence-electron chi connectivity index (χ1n) is 8.15. The van der Waals surface area contributed by atoms with E-state index < -0.39 is 4.92 Å². The molecule has 0 saturated carbocycles. The topological polar surface area (TPSA) is 81.5 Å². The van der Waals surface area contributed by atoms with Gasteiger partial charge in [-0.2, -0.15) is 0 Å². The fourth-order valence-corrected chi connectivity index (χ4v) is 3.80. The molecular formula is C20H15ClN2O4S. The van der Waals surface area contributed by atoms with Gasteiger partial charge in [0.05, 0.1) is 22.6 Å². The van der Waals surface area contributed by atoms with Gasteiger partial charge in [-0.05, 0) is 42.5 Å². The summed E-state index contributed by atoms with van der Waals surface area (Å²) in [6.45, 7) is 0. The Bertz CT molecular complexity index is 1020. The Kier molecular flexibility index (Phi) is 6.18. The highest BCUT2D eigenvalue weighted by atomic mass is 35.5. The number of nitro groups is 1. The van der Waals surface area contributed by atoms with E-state index in [1.165, 1.54) is 12.1 Å². The van der Waals surface area contributed by atoms with Crippen molar-refractivity contribution in [1.82, 2.24) is 0 Å². The van der Waals surface area contributed by atoms with Gasteiger partial charge in [-0.25, -0.2) is 0 Å². The maximum Gasteiger partial charge on any atom is 0.284 e. The zero-order valence-corrected chi connectivity index (χ0v) is 16.3. The lowest BCUT2D eigenvalue weighted by molar-refractivity contribution is -0.387. The Morgan fingerprint density at radius 2 is 1.79 bits per heavy atom. The van der Waals surface area contributed by atoms with Crippen LogP contribution in [0.3, 0.4) is 0 Å². The molecule has 0 radical (unpaired) electrons. The molecule has 3 aromatic carbocycles. The molecule has 0 aliphatic rings. The predicted octanol–water partition coefficient (Wildman–Crippen LogP) is 5.66. The molecule has 0 atom stereocenters. The third-order valence-corrected chi connectivity index (χ3v) is 5.47. The number of amides is 1. The van der Waals surface area contributed by atoms with Gasteiger partial charge >= 0.3 is 0 Å². The highest BCUT2D eigenvalue weighted by Gasteiger charge is 2.20. The SMILES string of the molecule is COc1ccc(NC(=O)c2ccccc2Sc2c(Cl)cccc2[N+](=O)[O-])cc1. The van der Waals surface area contributed by atoms with Gasteiger partial charge in [0, 0.05) is 16.6 Å². The van der Waals surface area contributed by atoms with Crippen LogP contribution in [-0.2, 0) is 0 Å². The lowest BCUT2D eigenvalue weighted by Crippen LogP contribution is -2.12. The summed E-state index contributed by atoms with van der Waals surface area (Å²) in [6, 6.07) is 18.3. The molecule has 0 unspecified atom stereocenters. The van der Waals surface area contributed by atoms with E-state index in [9.17, 15) is 14.9 Å². The van der Waals surface area contributed by atoms with Crippen molar-refractivity contribution in [3.8, 4) is 5.75 Å². The number of hydrogen-bond acceptors (Lipinski definition) is 5. The van der Waals surface area contributed by atoms with E-state index in [1.54, 1.807) is 61.7 Å². The molecule has 0 aromatic heterocycles. The summed E-state index contributed by atoms with van der Waals surface area (Å²) in [5.74, 6) is 0.350. The molecule has 142 valence electrons. The first kappa shape index (κ1) is 19.7. The van der Waals surface area contributed by atoms with Crippen LogP contribution in [0.5, 0.6) is 5.75 Å². The first-order valence-corrected chi connectivity index (χ1v) is 9.34. The van der Waals surface area contributed by atoms with E-state index in [0.29, 0.717) is 26.8 Å². The van der Waals surface area contributed by atoms with E-state index in [2.05, 4.69) is 5.32 Å². The highest BCUT2D eigenvalue weighted by molar-refractivity contribution is 7.99. The first-order chi connectivity index (χ1) is 13.5. The van der Waals surface area contributed by atoms with E-state index in [-0.39, 0.29) is 16.6 Å². The molecule has 28 heavy (non-hydrogen) atoms. The van der Waals surface area contributed by atoms with Crippen LogP contribution in [0.4, 0.5) is 11.4 Å². The van der Waals surface area contributed by atoms with Crippen LogP contribution < -0.4 is 10.1 Å².